The number of rotatable bonds is 2. The lowest BCUT2D eigenvalue weighted by Gasteiger charge is -2.15. The van der Waals surface area contributed by atoms with Crippen LogP contribution in [0, 0.1) is 5.92 Å². The summed E-state index contributed by atoms with van der Waals surface area (Å²) in [6.45, 7) is 3.91. The molecule has 0 aliphatic carbocycles. The molecule has 3 rings (SSSR count). The maximum absolute atomic E-state index is 12.2. The van der Waals surface area contributed by atoms with Gasteiger partial charge in [0, 0.05) is 18.7 Å². The van der Waals surface area contributed by atoms with Gasteiger partial charge in [0.1, 0.15) is 0 Å². The van der Waals surface area contributed by atoms with Crippen LogP contribution in [0.4, 0.5) is 4.79 Å². The van der Waals surface area contributed by atoms with Crippen LogP contribution < -0.4 is 0 Å². The van der Waals surface area contributed by atoms with E-state index < -0.39 is 0 Å². The highest BCUT2D eigenvalue weighted by Gasteiger charge is 2.45. The molecular formula is C14H18N2O2. The summed E-state index contributed by atoms with van der Waals surface area (Å²) in [5.74, 6) is 0.657. The van der Waals surface area contributed by atoms with Crippen molar-refractivity contribution in [3.05, 3.63) is 35.9 Å². The van der Waals surface area contributed by atoms with Gasteiger partial charge in [0.15, 0.2) is 0 Å². The predicted molar refractivity (Wildman–Crippen MR) is 67.5 cm³/mol. The van der Waals surface area contributed by atoms with Crippen molar-refractivity contribution in [1.82, 2.24) is 9.96 Å². The van der Waals surface area contributed by atoms with Crippen LogP contribution in [0.5, 0.6) is 0 Å². The monoisotopic (exact) mass is 246 g/mol. The maximum Gasteiger partial charge on any atom is 0.346 e. The van der Waals surface area contributed by atoms with E-state index in [1.54, 1.807) is 0 Å². The van der Waals surface area contributed by atoms with Gasteiger partial charge in [0.25, 0.3) is 0 Å². The average Bonchev–Trinajstić information content (AvgIpc) is 3.08. The smallest absolute Gasteiger partial charge is 0.322 e. The maximum atomic E-state index is 12.2. The summed E-state index contributed by atoms with van der Waals surface area (Å²) in [5, 5.41) is 1.48. The van der Waals surface area contributed by atoms with Crippen molar-refractivity contribution in [3.8, 4) is 0 Å². The van der Waals surface area contributed by atoms with Crippen LogP contribution >= 0.6 is 0 Å². The van der Waals surface area contributed by atoms with Crippen LogP contribution in [0.25, 0.3) is 0 Å². The fourth-order valence-corrected chi connectivity index (χ4v) is 2.52. The average molecular weight is 246 g/mol. The first-order valence-corrected chi connectivity index (χ1v) is 6.59. The molecule has 1 aromatic carbocycles. The largest absolute Gasteiger partial charge is 0.346 e. The van der Waals surface area contributed by atoms with E-state index in [2.05, 4.69) is 6.92 Å². The highest BCUT2D eigenvalue weighted by Crippen LogP contribution is 2.38. The van der Waals surface area contributed by atoms with Gasteiger partial charge in [-0.2, -0.15) is 5.06 Å². The molecule has 0 spiro atoms. The first kappa shape index (κ1) is 11.5. The van der Waals surface area contributed by atoms with Crippen molar-refractivity contribution in [2.45, 2.75) is 26.0 Å². The van der Waals surface area contributed by atoms with Crippen molar-refractivity contribution in [2.75, 3.05) is 13.1 Å². The summed E-state index contributed by atoms with van der Waals surface area (Å²) >= 11 is 0. The molecule has 1 aromatic rings. The summed E-state index contributed by atoms with van der Waals surface area (Å²) in [6.07, 6.45) is 2.08. The molecule has 2 unspecified atom stereocenters. The van der Waals surface area contributed by atoms with E-state index >= 15 is 0 Å². The first-order chi connectivity index (χ1) is 8.79. The van der Waals surface area contributed by atoms with Crippen LogP contribution in [0.3, 0.4) is 0 Å². The molecule has 0 aromatic heterocycles. The van der Waals surface area contributed by atoms with Gasteiger partial charge in [-0.3, -0.25) is 0 Å². The normalized spacial score (nSPS) is 26.5. The summed E-state index contributed by atoms with van der Waals surface area (Å²) in [5.41, 5.74) is 1.04. The zero-order valence-electron chi connectivity index (χ0n) is 10.6. The third-order valence-corrected chi connectivity index (χ3v) is 3.79. The zero-order valence-corrected chi connectivity index (χ0v) is 10.6. The lowest BCUT2D eigenvalue weighted by atomic mass is 10.1. The summed E-state index contributed by atoms with van der Waals surface area (Å²) in [6, 6.07) is 9.86. The molecule has 2 atom stereocenters. The molecule has 0 N–H and O–H groups in total. The Balaban J connectivity index is 1.60. The van der Waals surface area contributed by atoms with Gasteiger partial charge in [-0.05, 0) is 12.3 Å². The van der Waals surface area contributed by atoms with E-state index in [1.165, 1.54) is 5.06 Å². The quantitative estimate of drug-likeness (QED) is 0.752. The minimum absolute atomic E-state index is 0.0137. The minimum Gasteiger partial charge on any atom is -0.322 e. The Morgan fingerprint density at radius 3 is 2.83 bits per heavy atom. The molecule has 18 heavy (non-hydrogen) atoms. The molecule has 2 aliphatic heterocycles. The second-order valence-corrected chi connectivity index (χ2v) is 4.99. The zero-order chi connectivity index (χ0) is 12.5. The van der Waals surface area contributed by atoms with Crippen LogP contribution in [0.1, 0.15) is 31.6 Å². The van der Waals surface area contributed by atoms with Crippen molar-refractivity contribution in [2.24, 2.45) is 5.92 Å². The molecule has 4 nitrogen and oxygen atoms in total. The summed E-state index contributed by atoms with van der Waals surface area (Å²) in [4.78, 5) is 19.5. The number of hydrogen-bond acceptors (Lipinski definition) is 2. The Labute approximate surface area is 107 Å². The number of urea groups is 1. The number of benzene rings is 1. The predicted octanol–water partition coefficient (Wildman–Crippen LogP) is 2.78. The third kappa shape index (κ3) is 2.08. The number of hydrogen-bond donors (Lipinski definition) is 0. The molecular weight excluding hydrogens is 228 g/mol. The van der Waals surface area contributed by atoms with Gasteiger partial charge in [-0.1, -0.05) is 43.7 Å². The topological polar surface area (TPSA) is 35.9 Å². The van der Waals surface area contributed by atoms with E-state index in [-0.39, 0.29) is 12.3 Å². The lowest BCUT2D eigenvalue weighted by molar-refractivity contribution is 0.145. The Morgan fingerprint density at radius 1 is 1.39 bits per heavy atom. The van der Waals surface area contributed by atoms with E-state index in [4.69, 9.17) is 4.84 Å². The molecule has 4 heteroatoms. The fourth-order valence-electron chi connectivity index (χ4n) is 2.52. The van der Waals surface area contributed by atoms with Crippen molar-refractivity contribution < 1.29 is 9.63 Å². The molecule has 0 saturated carbocycles. The molecule has 0 bridgehead atoms. The minimum atomic E-state index is -0.181. The first-order valence-electron chi connectivity index (χ1n) is 6.59. The van der Waals surface area contributed by atoms with Gasteiger partial charge in [-0.15, -0.1) is 0 Å². The van der Waals surface area contributed by atoms with E-state index in [0.717, 1.165) is 31.5 Å². The van der Waals surface area contributed by atoms with Crippen LogP contribution in [0.15, 0.2) is 30.3 Å². The SMILES string of the molecule is CCC1CCN(C(=O)N2OC2c2ccccc2)C1. The van der Waals surface area contributed by atoms with E-state index in [0.29, 0.717) is 5.92 Å². The second-order valence-electron chi connectivity index (χ2n) is 4.99. The standard InChI is InChI=1S/C14H18N2O2/c1-2-11-8-9-15(10-11)14(17)16-13(18-16)12-6-4-3-5-7-12/h3-7,11,13H,2,8-10H2,1H3. The Hall–Kier alpha value is -1.55. The molecule has 2 amide bonds. The Morgan fingerprint density at radius 2 is 2.17 bits per heavy atom. The van der Waals surface area contributed by atoms with E-state index in [1.807, 2.05) is 35.2 Å². The van der Waals surface area contributed by atoms with Crippen LogP contribution in [-0.2, 0) is 4.84 Å². The van der Waals surface area contributed by atoms with Crippen molar-refractivity contribution in [1.29, 1.82) is 0 Å². The Kier molecular flexibility index (Phi) is 2.96. The fraction of sp³-hybridized carbons (Fsp3) is 0.500. The molecule has 2 fully saturated rings. The highest BCUT2D eigenvalue weighted by atomic mass is 16.8. The molecule has 2 aliphatic rings. The van der Waals surface area contributed by atoms with Gasteiger partial charge in [0.05, 0.1) is 0 Å². The number of amides is 2. The number of carbonyl (C=O) groups is 1. The molecule has 2 saturated heterocycles. The van der Waals surface area contributed by atoms with Gasteiger partial charge in [-0.25, -0.2) is 9.63 Å². The van der Waals surface area contributed by atoms with Crippen LogP contribution in [-0.4, -0.2) is 29.1 Å². The summed E-state index contributed by atoms with van der Waals surface area (Å²) in [7, 11) is 0. The second kappa shape index (κ2) is 4.61. The number of carbonyl (C=O) groups excluding carboxylic acids is 1. The van der Waals surface area contributed by atoms with Crippen molar-refractivity contribution >= 4 is 6.03 Å². The van der Waals surface area contributed by atoms with Gasteiger partial charge >= 0.3 is 6.03 Å². The van der Waals surface area contributed by atoms with Gasteiger partial charge in [0.2, 0.25) is 6.23 Å². The molecule has 2 heterocycles. The highest BCUT2D eigenvalue weighted by molar-refractivity contribution is 5.75. The lowest BCUT2D eigenvalue weighted by Crippen LogP contribution is -2.32. The van der Waals surface area contributed by atoms with Crippen molar-refractivity contribution in [3.63, 3.8) is 0 Å². The number of likely N-dealkylation sites (tertiary alicyclic amines) is 1. The molecule has 0 radical (unpaired) electrons. The summed E-state index contributed by atoms with van der Waals surface area (Å²) < 4.78 is 0. The van der Waals surface area contributed by atoms with E-state index in [9.17, 15) is 4.79 Å². The molecule has 96 valence electrons. The number of nitrogens with zero attached hydrogens (tertiary/aromatic N) is 2. The third-order valence-electron chi connectivity index (χ3n) is 3.79. The Bertz CT molecular complexity index is 435. The number of hydroxylamine groups is 2. The van der Waals surface area contributed by atoms with Gasteiger partial charge < -0.3 is 4.90 Å². The van der Waals surface area contributed by atoms with Crippen LogP contribution in [0.2, 0.25) is 0 Å².